The minimum atomic E-state index is -1.33. The van der Waals surface area contributed by atoms with Crippen molar-refractivity contribution in [3.8, 4) is 0 Å². The van der Waals surface area contributed by atoms with Gasteiger partial charge in [-0.15, -0.1) is 0 Å². The van der Waals surface area contributed by atoms with Crippen LogP contribution in [0.15, 0.2) is 29.3 Å². The molecule has 0 saturated carbocycles. The average molecular weight is 428 g/mol. The Kier molecular flexibility index (Phi) is 9.40. The highest BCUT2D eigenvalue weighted by Gasteiger charge is 2.10. The van der Waals surface area contributed by atoms with Crippen molar-refractivity contribution in [2.75, 3.05) is 5.32 Å². The van der Waals surface area contributed by atoms with Gasteiger partial charge in [0.05, 0.1) is 17.7 Å². The Morgan fingerprint density at radius 3 is 2.39 bits per heavy atom. The number of anilines is 1. The number of nitrogens with one attached hydrogen (secondary N) is 2. The summed E-state index contributed by atoms with van der Waals surface area (Å²) < 4.78 is 0.569. The number of halogens is 1. The molecule has 2 aromatic rings. The van der Waals surface area contributed by atoms with E-state index in [4.69, 9.17) is 26.6 Å². The van der Waals surface area contributed by atoms with Crippen molar-refractivity contribution in [2.24, 2.45) is 10.7 Å². The van der Waals surface area contributed by atoms with E-state index < -0.39 is 12.2 Å². The van der Waals surface area contributed by atoms with Crippen LogP contribution < -0.4 is 16.4 Å². The van der Waals surface area contributed by atoms with Crippen LogP contribution in [0.2, 0.25) is 4.34 Å². The number of rotatable bonds is 6. The second kappa shape index (κ2) is 11.5. The first kappa shape index (κ1) is 22.9. The van der Waals surface area contributed by atoms with Crippen LogP contribution in [0.25, 0.3) is 0 Å². The van der Waals surface area contributed by atoms with E-state index >= 15 is 0 Å². The van der Waals surface area contributed by atoms with Gasteiger partial charge in [0.1, 0.15) is 4.34 Å². The van der Waals surface area contributed by atoms with Crippen LogP contribution in [0.5, 0.6) is 0 Å². The van der Waals surface area contributed by atoms with Crippen LogP contribution in [0.3, 0.4) is 0 Å². The summed E-state index contributed by atoms with van der Waals surface area (Å²) in [5.41, 5.74) is 6.50. The number of aromatic nitrogens is 1. The molecule has 0 aliphatic carbocycles. The van der Waals surface area contributed by atoms with E-state index in [1.807, 2.05) is 12.1 Å². The Labute approximate surface area is 169 Å². The molecule has 0 aliphatic heterocycles. The van der Waals surface area contributed by atoms with E-state index in [-0.39, 0.29) is 5.91 Å². The summed E-state index contributed by atoms with van der Waals surface area (Å²) in [6.07, 6.45) is 0.0168. The lowest BCUT2D eigenvalue weighted by Gasteiger charge is -2.01. The van der Waals surface area contributed by atoms with Gasteiger partial charge in [-0.2, -0.15) is 0 Å². The van der Waals surface area contributed by atoms with Crippen molar-refractivity contribution in [3.63, 3.8) is 0 Å². The summed E-state index contributed by atoms with van der Waals surface area (Å²) in [6.45, 7) is 1.42. The second-order valence-corrected chi connectivity index (χ2v) is 6.73. The lowest BCUT2D eigenvalue weighted by molar-refractivity contribution is -0.114. The molecule has 0 saturated heterocycles. The molecule has 0 radical (unpaired) electrons. The number of nitrogens with two attached hydrogens (primary N) is 1. The summed E-state index contributed by atoms with van der Waals surface area (Å²) in [4.78, 5) is 38.4. The summed E-state index contributed by atoms with van der Waals surface area (Å²) in [7, 11) is 0. The molecule has 0 unspecified atom stereocenters. The van der Waals surface area contributed by atoms with E-state index in [0.29, 0.717) is 21.6 Å². The van der Waals surface area contributed by atoms with Gasteiger partial charge < -0.3 is 21.3 Å². The fraction of sp³-hybridized carbons (Fsp3) is 0.188. The van der Waals surface area contributed by atoms with Gasteiger partial charge in [0.25, 0.3) is 0 Å². The topological polar surface area (TPSA) is 167 Å². The minimum absolute atomic E-state index is 0.180. The molecule has 1 aromatic heterocycles. The highest BCUT2D eigenvalue weighted by atomic mass is 35.5. The molecule has 3 amide bonds. The van der Waals surface area contributed by atoms with Crippen molar-refractivity contribution < 1.29 is 24.6 Å². The van der Waals surface area contributed by atoms with E-state index in [1.54, 1.807) is 12.1 Å². The number of nitrogens with zero attached hydrogens (tertiary/aromatic N) is 2. The van der Waals surface area contributed by atoms with Gasteiger partial charge in [-0.3, -0.25) is 10.1 Å². The summed E-state index contributed by atoms with van der Waals surface area (Å²) >= 11 is 7.37. The first-order valence-corrected chi connectivity index (χ1v) is 8.89. The molecule has 1 aromatic carbocycles. The zero-order valence-corrected chi connectivity index (χ0v) is 16.3. The third-order valence-electron chi connectivity index (χ3n) is 2.92. The van der Waals surface area contributed by atoms with Crippen molar-refractivity contribution in [3.05, 3.63) is 39.9 Å². The zero-order chi connectivity index (χ0) is 21.1. The largest absolute Gasteiger partial charge is 0.465 e. The lowest BCUT2D eigenvalue weighted by atomic mass is 10.1. The molecule has 150 valence electrons. The van der Waals surface area contributed by atoms with Gasteiger partial charge in [0, 0.05) is 6.92 Å². The molecule has 10 nitrogen and oxygen atoms in total. The molecule has 0 bridgehead atoms. The number of aliphatic imine (C=N–C) groups is 1. The number of hydrogen-bond donors (Lipinski definition) is 5. The third-order valence-corrected chi connectivity index (χ3v) is 4.17. The first-order valence-electron chi connectivity index (χ1n) is 7.69. The smallest absolute Gasteiger partial charge is 0.409 e. The first-order chi connectivity index (χ1) is 13.2. The number of primary amides is 1. The monoisotopic (exact) mass is 427 g/mol. The molecule has 12 heteroatoms. The predicted octanol–water partition coefficient (Wildman–Crippen LogP) is 3.09. The zero-order valence-electron chi connectivity index (χ0n) is 14.7. The number of thiazole rings is 1. The maximum absolute atomic E-state index is 11.0. The molecule has 6 N–H and O–H groups in total. The number of carboxylic acid groups (broad SMARTS) is 2. The Hall–Kier alpha value is -3.18. The predicted molar refractivity (Wildman–Crippen MR) is 107 cm³/mol. The highest BCUT2D eigenvalue weighted by Crippen LogP contribution is 2.29. The molecule has 0 aliphatic rings. The van der Waals surface area contributed by atoms with Crippen LogP contribution in [0.4, 0.5) is 20.4 Å². The molecule has 0 spiro atoms. The Morgan fingerprint density at radius 2 is 1.86 bits per heavy atom. The minimum Gasteiger partial charge on any atom is -0.465 e. The third kappa shape index (κ3) is 9.50. The molecule has 2 rings (SSSR count). The summed E-state index contributed by atoms with van der Waals surface area (Å²) in [6, 6.07) is 7.40. The van der Waals surface area contributed by atoms with Crippen molar-refractivity contribution in [1.82, 2.24) is 10.3 Å². The maximum Gasteiger partial charge on any atom is 0.409 e. The van der Waals surface area contributed by atoms with Crippen LogP contribution in [0, 0.1) is 0 Å². The van der Waals surface area contributed by atoms with Gasteiger partial charge in [-0.05, 0) is 30.5 Å². The fourth-order valence-electron chi connectivity index (χ4n) is 1.86. The quantitative estimate of drug-likeness (QED) is 0.350. The van der Waals surface area contributed by atoms with Crippen molar-refractivity contribution in [2.45, 2.75) is 19.8 Å². The fourth-order valence-corrected chi connectivity index (χ4v) is 3.01. The Morgan fingerprint density at radius 1 is 1.25 bits per heavy atom. The second-order valence-electron chi connectivity index (χ2n) is 5.13. The molecule has 0 atom stereocenters. The number of amides is 3. The summed E-state index contributed by atoms with van der Waals surface area (Å²) in [5, 5.41) is 20.8. The van der Waals surface area contributed by atoms with Crippen LogP contribution in [-0.2, 0) is 17.6 Å². The molecule has 0 fully saturated rings. The number of hydrogen-bond acceptors (Lipinski definition) is 6. The Balaban J connectivity index is 0.000000892. The lowest BCUT2D eigenvalue weighted by Crippen LogP contribution is -2.17. The number of carbonyl (C=O) groups excluding carboxylic acids is 1. The standard InChI is InChI=1S/C15H15ClN4O3S.CH3NO2/c1-9(21)19-14-20-12(13(16)24-14)7-4-10-2-5-11(6-3-10)17-8-18-15(22)23;2-1(3)4/h2-3,5-6,8H,4,7H2,1H3,(H,17,18)(H,22,23)(H,19,20,21);2H2,(H,3,4). The van der Waals surface area contributed by atoms with E-state index in [0.717, 1.165) is 24.0 Å². The van der Waals surface area contributed by atoms with Gasteiger partial charge in [0.2, 0.25) is 5.91 Å². The average Bonchev–Trinajstić information content (AvgIpc) is 2.92. The van der Waals surface area contributed by atoms with Gasteiger partial charge in [0.15, 0.2) is 5.13 Å². The number of carbonyl (C=O) groups is 3. The SMILES string of the molecule is CC(=O)Nc1nc(CCc2ccc(N=CNC(=O)O)cc2)c(Cl)s1.NC(=O)O. The van der Waals surface area contributed by atoms with Crippen LogP contribution >= 0.6 is 22.9 Å². The molecule has 1 heterocycles. The highest BCUT2D eigenvalue weighted by molar-refractivity contribution is 7.19. The normalized spacial score (nSPS) is 10.1. The van der Waals surface area contributed by atoms with E-state index in [1.165, 1.54) is 18.3 Å². The molecular weight excluding hydrogens is 410 g/mol. The van der Waals surface area contributed by atoms with Crippen molar-refractivity contribution >= 4 is 58.2 Å². The van der Waals surface area contributed by atoms with E-state index in [9.17, 15) is 9.59 Å². The van der Waals surface area contributed by atoms with Gasteiger partial charge in [-0.1, -0.05) is 35.1 Å². The maximum atomic E-state index is 11.0. The molecular formula is C16H18ClN5O5S. The van der Waals surface area contributed by atoms with E-state index in [2.05, 4.69) is 26.3 Å². The van der Waals surface area contributed by atoms with Gasteiger partial charge >= 0.3 is 12.2 Å². The van der Waals surface area contributed by atoms with Gasteiger partial charge in [-0.25, -0.2) is 19.6 Å². The number of aryl methyl sites for hydroxylation is 2. The molecule has 28 heavy (non-hydrogen) atoms. The van der Waals surface area contributed by atoms with Crippen LogP contribution in [-0.4, -0.2) is 39.6 Å². The van der Waals surface area contributed by atoms with Crippen LogP contribution in [0.1, 0.15) is 18.2 Å². The van der Waals surface area contributed by atoms with Crippen molar-refractivity contribution in [1.29, 1.82) is 0 Å². The summed E-state index contributed by atoms with van der Waals surface area (Å²) in [5.74, 6) is -0.180. The number of benzene rings is 1. The Bertz CT molecular complexity index is 850.